The molecular formula is C16H26N2O. The molecular weight excluding hydrogens is 236 g/mol. The van der Waals surface area contributed by atoms with Gasteiger partial charge in [0.05, 0.1) is 6.61 Å². The summed E-state index contributed by atoms with van der Waals surface area (Å²) >= 11 is 0. The molecule has 0 aliphatic carbocycles. The summed E-state index contributed by atoms with van der Waals surface area (Å²) in [5.41, 5.74) is 2.59. The number of nitrogens with zero attached hydrogens (tertiary/aromatic N) is 1. The summed E-state index contributed by atoms with van der Waals surface area (Å²) in [5.74, 6) is 0. The van der Waals surface area contributed by atoms with Crippen LogP contribution in [0.1, 0.15) is 31.7 Å². The zero-order valence-electron chi connectivity index (χ0n) is 12.2. The van der Waals surface area contributed by atoms with Gasteiger partial charge in [-0.25, -0.2) is 0 Å². The lowest BCUT2D eigenvalue weighted by Crippen LogP contribution is -2.37. The molecule has 0 spiro atoms. The smallest absolute Gasteiger partial charge is 0.0713 e. The number of hydrogen-bond acceptors (Lipinski definition) is 3. The molecule has 1 unspecified atom stereocenters. The molecule has 3 nitrogen and oxygen atoms in total. The molecule has 0 amide bonds. The molecule has 0 bridgehead atoms. The van der Waals surface area contributed by atoms with Crippen molar-refractivity contribution in [3.05, 3.63) is 29.8 Å². The van der Waals surface area contributed by atoms with E-state index in [-0.39, 0.29) is 0 Å². The van der Waals surface area contributed by atoms with Gasteiger partial charge in [-0.05, 0) is 37.1 Å². The van der Waals surface area contributed by atoms with E-state index in [2.05, 4.69) is 41.4 Å². The van der Waals surface area contributed by atoms with E-state index in [1.54, 1.807) is 7.11 Å². The van der Waals surface area contributed by atoms with E-state index in [0.717, 1.165) is 19.6 Å². The second-order valence-corrected chi connectivity index (χ2v) is 5.34. The molecule has 1 atom stereocenters. The van der Waals surface area contributed by atoms with Crippen LogP contribution >= 0.6 is 0 Å². The molecule has 1 fully saturated rings. The van der Waals surface area contributed by atoms with Crippen molar-refractivity contribution in [2.24, 2.45) is 0 Å². The minimum Gasteiger partial charge on any atom is -0.380 e. The van der Waals surface area contributed by atoms with Crippen molar-refractivity contribution in [1.29, 1.82) is 0 Å². The second kappa shape index (κ2) is 7.51. The highest BCUT2D eigenvalue weighted by Gasteiger charge is 2.17. The van der Waals surface area contributed by atoms with Crippen molar-refractivity contribution in [3.63, 3.8) is 0 Å². The Morgan fingerprint density at radius 1 is 1.42 bits per heavy atom. The number of ether oxygens (including phenoxy) is 1. The first kappa shape index (κ1) is 14.4. The van der Waals surface area contributed by atoms with Gasteiger partial charge in [0, 0.05) is 31.9 Å². The normalized spacial score (nSPS) is 20.3. The van der Waals surface area contributed by atoms with Gasteiger partial charge in [-0.2, -0.15) is 0 Å². The maximum atomic E-state index is 5.22. The monoisotopic (exact) mass is 262 g/mol. The van der Waals surface area contributed by atoms with Crippen LogP contribution < -0.4 is 10.2 Å². The van der Waals surface area contributed by atoms with Gasteiger partial charge in [0.15, 0.2) is 0 Å². The van der Waals surface area contributed by atoms with E-state index in [1.165, 1.54) is 30.5 Å². The maximum absolute atomic E-state index is 5.22. The van der Waals surface area contributed by atoms with Crippen LogP contribution in [-0.4, -0.2) is 32.8 Å². The van der Waals surface area contributed by atoms with Crippen LogP contribution in [0.4, 0.5) is 5.69 Å². The van der Waals surface area contributed by atoms with Crippen LogP contribution in [-0.2, 0) is 11.3 Å². The highest BCUT2D eigenvalue weighted by molar-refractivity contribution is 5.49. The summed E-state index contributed by atoms with van der Waals surface area (Å²) in [7, 11) is 1.75. The standard InChI is InChI=1S/C16H26N2O/c1-3-6-15-12-18(10-5-9-17-15)16-8-4-7-14(11-16)13-19-2/h4,7-8,11,15,17H,3,5-6,9-10,12-13H2,1-2H3. The molecule has 1 aliphatic heterocycles. The average molecular weight is 262 g/mol. The summed E-state index contributed by atoms with van der Waals surface area (Å²) in [5, 5.41) is 3.66. The van der Waals surface area contributed by atoms with Gasteiger partial charge in [0.2, 0.25) is 0 Å². The van der Waals surface area contributed by atoms with Crippen LogP contribution in [0, 0.1) is 0 Å². The van der Waals surface area contributed by atoms with Gasteiger partial charge in [0.1, 0.15) is 0 Å². The first-order valence-electron chi connectivity index (χ1n) is 7.39. The molecule has 0 radical (unpaired) electrons. The summed E-state index contributed by atoms with van der Waals surface area (Å²) in [6.07, 6.45) is 3.72. The molecule has 0 saturated carbocycles. The molecule has 1 aromatic carbocycles. The Bertz CT molecular complexity index is 381. The van der Waals surface area contributed by atoms with Crippen LogP contribution in [0.15, 0.2) is 24.3 Å². The lowest BCUT2D eigenvalue weighted by molar-refractivity contribution is 0.185. The SMILES string of the molecule is CCCC1CN(c2cccc(COC)c2)CCCN1. The molecule has 1 aliphatic rings. The minimum absolute atomic E-state index is 0.624. The summed E-state index contributed by atoms with van der Waals surface area (Å²) < 4.78 is 5.22. The molecule has 1 heterocycles. The fourth-order valence-electron chi connectivity index (χ4n) is 2.78. The average Bonchev–Trinajstić information content (AvgIpc) is 2.66. The third kappa shape index (κ3) is 4.22. The molecule has 2 rings (SSSR count). The number of nitrogens with one attached hydrogen (secondary N) is 1. The van der Waals surface area contributed by atoms with E-state index in [4.69, 9.17) is 4.74 Å². The van der Waals surface area contributed by atoms with E-state index in [1.807, 2.05) is 0 Å². The van der Waals surface area contributed by atoms with Crippen molar-refractivity contribution in [2.45, 2.75) is 38.8 Å². The molecule has 3 heteroatoms. The van der Waals surface area contributed by atoms with Crippen molar-refractivity contribution in [3.8, 4) is 0 Å². The number of hydrogen-bond donors (Lipinski definition) is 1. The molecule has 1 N–H and O–H groups in total. The van der Waals surface area contributed by atoms with Gasteiger partial charge < -0.3 is 15.0 Å². The Labute approximate surface area is 116 Å². The fourth-order valence-corrected chi connectivity index (χ4v) is 2.78. The zero-order chi connectivity index (χ0) is 13.5. The Morgan fingerprint density at radius 3 is 3.11 bits per heavy atom. The van der Waals surface area contributed by atoms with Crippen LogP contribution in [0.25, 0.3) is 0 Å². The Hall–Kier alpha value is -1.06. The highest BCUT2D eigenvalue weighted by atomic mass is 16.5. The van der Waals surface area contributed by atoms with Gasteiger partial charge in [-0.1, -0.05) is 25.5 Å². The van der Waals surface area contributed by atoms with Crippen molar-refractivity contribution in [2.75, 3.05) is 31.6 Å². The second-order valence-electron chi connectivity index (χ2n) is 5.34. The molecule has 19 heavy (non-hydrogen) atoms. The topological polar surface area (TPSA) is 24.5 Å². The minimum atomic E-state index is 0.624. The van der Waals surface area contributed by atoms with Crippen LogP contribution in [0.5, 0.6) is 0 Å². The van der Waals surface area contributed by atoms with E-state index < -0.39 is 0 Å². The van der Waals surface area contributed by atoms with Gasteiger partial charge in [-0.15, -0.1) is 0 Å². The van der Waals surface area contributed by atoms with E-state index in [9.17, 15) is 0 Å². The predicted octanol–water partition coefficient (Wildman–Crippen LogP) is 2.80. The number of anilines is 1. The number of methoxy groups -OCH3 is 1. The van der Waals surface area contributed by atoms with Gasteiger partial charge >= 0.3 is 0 Å². The summed E-state index contributed by atoms with van der Waals surface area (Å²) in [6.45, 7) is 6.35. The van der Waals surface area contributed by atoms with Crippen molar-refractivity contribution >= 4 is 5.69 Å². The Morgan fingerprint density at radius 2 is 2.32 bits per heavy atom. The first-order chi connectivity index (χ1) is 9.33. The lowest BCUT2D eigenvalue weighted by Gasteiger charge is -2.26. The number of benzene rings is 1. The maximum Gasteiger partial charge on any atom is 0.0713 e. The van der Waals surface area contributed by atoms with Crippen LogP contribution in [0.3, 0.4) is 0 Å². The van der Waals surface area contributed by atoms with Crippen LogP contribution in [0.2, 0.25) is 0 Å². The van der Waals surface area contributed by atoms with Crippen molar-refractivity contribution in [1.82, 2.24) is 5.32 Å². The molecule has 0 aromatic heterocycles. The molecule has 106 valence electrons. The largest absolute Gasteiger partial charge is 0.380 e. The third-order valence-electron chi connectivity index (χ3n) is 3.70. The predicted molar refractivity (Wildman–Crippen MR) is 80.7 cm³/mol. The Kier molecular flexibility index (Phi) is 5.67. The lowest BCUT2D eigenvalue weighted by atomic mass is 10.1. The quantitative estimate of drug-likeness (QED) is 0.883. The third-order valence-corrected chi connectivity index (χ3v) is 3.70. The van der Waals surface area contributed by atoms with E-state index in [0.29, 0.717) is 12.6 Å². The van der Waals surface area contributed by atoms with Gasteiger partial charge in [-0.3, -0.25) is 0 Å². The first-order valence-corrected chi connectivity index (χ1v) is 7.39. The Balaban J connectivity index is 2.07. The van der Waals surface area contributed by atoms with Gasteiger partial charge in [0.25, 0.3) is 0 Å². The highest BCUT2D eigenvalue weighted by Crippen LogP contribution is 2.19. The fraction of sp³-hybridized carbons (Fsp3) is 0.625. The van der Waals surface area contributed by atoms with Crippen molar-refractivity contribution < 1.29 is 4.74 Å². The molecule has 1 saturated heterocycles. The molecule has 1 aromatic rings. The van der Waals surface area contributed by atoms with E-state index >= 15 is 0 Å². The number of rotatable bonds is 5. The summed E-state index contributed by atoms with van der Waals surface area (Å²) in [6, 6.07) is 9.37. The summed E-state index contributed by atoms with van der Waals surface area (Å²) in [4.78, 5) is 2.51. The zero-order valence-corrected chi connectivity index (χ0v) is 12.2.